The van der Waals surface area contributed by atoms with Crippen molar-refractivity contribution in [3.05, 3.63) is 0 Å². The second-order valence-electron chi connectivity index (χ2n) is 1.59. The Morgan fingerprint density at radius 1 is 1.50 bits per heavy atom. The van der Waals surface area contributed by atoms with Gasteiger partial charge >= 0.3 is 29.6 Å². The molecule has 0 aliphatic heterocycles. The van der Waals surface area contributed by atoms with Crippen LogP contribution in [0.1, 0.15) is 6.92 Å². The van der Waals surface area contributed by atoms with Crippen molar-refractivity contribution in [3.63, 3.8) is 0 Å². The van der Waals surface area contributed by atoms with Gasteiger partial charge < -0.3 is 10.1 Å². The Hall–Kier alpha value is 0.540. The molecule has 7 heteroatoms. The van der Waals surface area contributed by atoms with Crippen LogP contribution in [0.25, 0.3) is 0 Å². The summed E-state index contributed by atoms with van der Waals surface area (Å²) in [5, 5.41) is 2.59. The normalized spacial score (nSPS) is 8.92. The first-order valence-corrected chi connectivity index (χ1v) is 4.47. The van der Waals surface area contributed by atoms with Gasteiger partial charge in [-0.1, -0.05) is 0 Å². The van der Waals surface area contributed by atoms with E-state index in [4.69, 9.17) is 9.35 Å². The molecule has 0 fully saturated rings. The summed E-state index contributed by atoms with van der Waals surface area (Å²) < 4.78 is 27.9. The van der Waals surface area contributed by atoms with E-state index >= 15 is 0 Å². The van der Waals surface area contributed by atoms with Gasteiger partial charge in [-0.3, -0.25) is 10.8 Å². The summed E-state index contributed by atoms with van der Waals surface area (Å²) in [4.78, 5) is 8.68. The van der Waals surface area contributed by atoms with Gasteiger partial charge in [0.25, 0.3) is 10.1 Å². The third-order valence-electron chi connectivity index (χ3n) is 0.610. The fourth-order valence-corrected chi connectivity index (χ4v) is 0.693. The molecule has 0 aromatic rings. The largest absolute Gasteiger partial charge is 1.00 e. The van der Waals surface area contributed by atoms with E-state index in [-0.39, 0.29) is 35.3 Å². The van der Waals surface area contributed by atoms with Crippen LogP contribution >= 0.6 is 0 Å². The van der Waals surface area contributed by atoms with Crippen LogP contribution in [0.3, 0.4) is 0 Å². The number of rotatable bonds is 3. The molecule has 0 aromatic heterocycles. The van der Waals surface area contributed by atoms with Gasteiger partial charge in [0.05, 0.1) is 5.75 Å². The van der Waals surface area contributed by atoms with E-state index < -0.39 is 10.1 Å². The molecule has 0 radical (unpaired) electrons. The van der Waals surface area contributed by atoms with E-state index in [1.54, 1.807) is 7.05 Å². The smallest absolute Gasteiger partial charge is 0.542 e. The maximum atomic E-state index is 9.91. The first-order valence-electron chi connectivity index (χ1n) is 2.86. The van der Waals surface area contributed by atoms with E-state index in [0.29, 0.717) is 6.54 Å². The summed E-state index contributed by atoms with van der Waals surface area (Å²) in [5.74, 6) is -0.219. The molecule has 5 nitrogen and oxygen atoms in total. The maximum Gasteiger partial charge on any atom is 1.00 e. The molecule has 12 heavy (non-hydrogen) atoms. The molecule has 68 valence electrons. The van der Waals surface area contributed by atoms with Crippen molar-refractivity contribution in [2.75, 3.05) is 19.3 Å². The van der Waals surface area contributed by atoms with Crippen molar-refractivity contribution in [1.82, 2.24) is 5.32 Å². The minimum Gasteiger partial charge on any atom is -0.542 e. The van der Waals surface area contributed by atoms with Gasteiger partial charge in [0.2, 0.25) is 0 Å². The zero-order valence-corrected chi connectivity index (χ0v) is 10.3. The van der Waals surface area contributed by atoms with Crippen LogP contribution in [-0.4, -0.2) is 38.6 Å². The molecule has 2 N–H and O–H groups in total. The quantitative estimate of drug-likeness (QED) is 0.280. The molecule has 0 bridgehead atoms. The molecule has 0 amide bonds. The van der Waals surface area contributed by atoms with Crippen molar-refractivity contribution >= 4 is 16.4 Å². The Bertz CT molecular complexity index is 180. The zero-order chi connectivity index (χ0) is 9.33. The van der Waals surface area contributed by atoms with Crippen molar-refractivity contribution in [2.24, 2.45) is 0 Å². The Labute approximate surface area is 95.0 Å². The van der Waals surface area contributed by atoms with Crippen LogP contribution in [-0.2, 0) is 14.9 Å². The molecule has 0 aliphatic rings. The molecule has 0 aromatic carbocycles. The Morgan fingerprint density at radius 2 is 1.83 bits per heavy atom. The Balaban J connectivity index is -0.000000177. The molecule has 0 unspecified atom stereocenters. The standard InChI is InChI=1S/C3H9NO3S.C2H3O.Na/c1-4-2-3-8(5,6)7;1-2-3;/h4H,2-3H2,1H3,(H,5,6,7);1H3;/q;-1;+1. The Kier molecular flexibility index (Phi) is 17.6. The van der Waals surface area contributed by atoms with Gasteiger partial charge in [-0.2, -0.15) is 15.3 Å². The van der Waals surface area contributed by atoms with Gasteiger partial charge in [-0.25, -0.2) is 0 Å². The van der Waals surface area contributed by atoms with Crippen LogP contribution in [0.15, 0.2) is 0 Å². The molecule has 0 saturated heterocycles. The van der Waals surface area contributed by atoms with Gasteiger partial charge in [0.1, 0.15) is 0 Å². The van der Waals surface area contributed by atoms with Crippen molar-refractivity contribution in [1.29, 1.82) is 0 Å². The van der Waals surface area contributed by atoms with E-state index in [1.165, 1.54) is 13.2 Å². The van der Waals surface area contributed by atoms with Gasteiger partial charge in [-0.05, 0) is 7.05 Å². The van der Waals surface area contributed by atoms with Crippen LogP contribution in [0.2, 0.25) is 0 Å². The SMILES string of the molecule is CNCCS(=O)(=O)O.C[C-]=O.[Na+]. The molecule has 0 rings (SSSR count). The van der Waals surface area contributed by atoms with E-state index in [0.717, 1.165) is 0 Å². The second-order valence-corrected chi connectivity index (χ2v) is 3.17. The van der Waals surface area contributed by atoms with Crippen molar-refractivity contribution in [2.45, 2.75) is 6.92 Å². The Morgan fingerprint density at radius 3 is 1.92 bits per heavy atom. The van der Waals surface area contributed by atoms with Gasteiger partial charge in [-0.15, -0.1) is 0 Å². The summed E-state index contributed by atoms with van der Waals surface area (Å²) in [6, 6.07) is 0. The summed E-state index contributed by atoms with van der Waals surface area (Å²) in [6.07, 6.45) is 1.50. The molecular formula is C5H12NNaO4S. The van der Waals surface area contributed by atoms with Crippen molar-refractivity contribution < 1.29 is 47.3 Å². The minimum absolute atomic E-state index is 0. The van der Waals surface area contributed by atoms with Gasteiger partial charge in [0.15, 0.2) is 0 Å². The first kappa shape index (κ1) is 18.3. The molecule has 0 aliphatic carbocycles. The third kappa shape index (κ3) is 31.3. The molecule has 0 saturated carbocycles. The third-order valence-corrected chi connectivity index (χ3v) is 1.33. The average Bonchev–Trinajstić information content (AvgIpc) is 1.84. The first-order chi connectivity index (χ1) is 4.97. The summed E-state index contributed by atoms with van der Waals surface area (Å²) >= 11 is 0. The van der Waals surface area contributed by atoms with Crippen molar-refractivity contribution in [3.8, 4) is 0 Å². The van der Waals surface area contributed by atoms with E-state index in [2.05, 4.69) is 5.32 Å². The number of hydrogen-bond acceptors (Lipinski definition) is 4. The van der Waals surface area contributed by atoms with E-state index in [9.17, 15) is 8.42 Å². The predicted octanol–water partition coefficient (Wildman–Crippen LogP) is -3.79. The fourth-order valence-electron chi connectivity index (χ4n) is 0.231. The molecule has 0 atom stereocenters. The predicted molar refractivity (Wildman–Crippen MR) is 41.7 cm³/mol. The average molecular weight is 205 g/mol. The van der Waals surface area contributed by atoms with Crippen LogP contribution in [0, 0.1) is 0 Å². The van der Waals surface area contributed by atoms with E-state index in [1.807, 2.05) is 0 Å². The number of nitrogens with one attached hydrogen (secondary N) is 1. The number of hydrogen-bond donors (Lipinski definition) is 2. The monoisotopic (exact) mass is 205 g/mol. The number of carbonyl (C=O) groups excluding carboxylic acids is 1. The fraction of sp³-hybridized carbons (Fsp3) is 0.800. The zero-order valence-electron chi connectivity index (χ0n) is 7.49. The summed E-state index contributed by atoms with van der Waals surface area (Å²) in [5.41, 5.74) is 0. The summed E-state index contributed by atoms with van der Waals surface area (Å²) in [7, 11) is -2.13. The molecular weight excluding hydrogens is 193 g/mol. The summed E-state index contributed by atoms with van der Waals surface area (Å²) in [6.45, 7) is 1.61. The van der Waals surface area contributed by atoms with Crippen LogP contribution < -0.4 is 34.9 Å². The maximum absolute atomic E-state index is 9.91. The molecule has 0 heterocycles. The second kappa shape index (κ2) is 11.5. The van der Waals surface area contributed by atoms with Crippen LogP contribution in [0.4, 0.5) is 0 Å². The van der Waals surface area contributed by atoms with Crippen LogP contribution in [0.5, 0.6) is 0 Å². The molecule has 0 spiro atoms. The van der Waals surface area contributed by atoms with Gasteiger partial charge in [0, 0.05) is 6.54 Å². The minimum atomic E-state index is -3.75. The topological polar surface area (TPSA) is 83.5 Å².